The van der Waals surface area contributed by atoms with Crippen molar-refractivity contribution in [1.29, 1.82) is 0 Å². The van der Waals surface area contributed by atoms with Crippen molar-refractivity contribution in [2.24, 2.45) is 5.73 Å². The van der Waals surface area contributed by atoms with Crippen molar-refractivity contribution in [3.8, 4) is 0 Å². The molecule has 0 aliphatic rings. The fraction of sp³-hybridized carbons (Fsp3) is 0.278. The van der Waals surface area contributed by atoms with Gasteiger partial charge in [-0.05, 0) is 31.4 Å². The van der Waals surface area contributed by atoms with Gasteiger partial charge < -0.3 is 11.1 Å². The molecule has 1 amide bonds. The Morgan fingerprint density at radius 3 is 2.33 bits per heavy atom. The van der Waals surface area contributed by atoms with Gasteiger partial charge in [0.25, 0.3) is 0 Å². The van der Waals surface area contributed by atoms with E-state index in [1.807, 2.05) is 56.3 Å². The largest absolute Gasteiger partial charge is 0.352 e. The van der Waals surface area contributed by atoms with Crippen molar-refractivity contribution in [2.75, 3.05) is 0 Å². The van der Waals surface area contributed by atoms with Gasteiger partial charge in [0.1, 0.15) is 6.04 Å². The molecule has 0 aliphatic heterocycles. The highest BCUT2D eigenvalue weighted by Crippen LogP contribution is 2.12. The van der Waals surface area contributed by atoms with Crippen LogP contribution in [0.1, 0.15) is 29.7 Å². The van der Waals surface area contributed by atoms with Crippen molar-refractivity contribution in [1.82, 2.24) is 5.32 Å². The molecule has 110 valence electrons. The molecule has 21 heavy (non-hydrogen) atoms. The summed E-state index contributed by atoms with van der Waals surface area (Å²) in [5.41, 5.74) is 9.22. The molecule has 3 N–H and O–H groups in total. The molecule has 0 saturated carbocycles. The second-order valence-electron chi connectivity index (χ2n) is 5.49. The molecule has 0 saturated heterocycles. The summed E-state index contributed by atoms with van der Waals surface area (Å²) in [6, 6.07) is 17.3. The van der Waals surface area contributed by atoms with Crippen molar-refractivity contribution in [3.63, 3.8) is 0 Å². The third-order valence-corrected chi connectivity index (χ3v) is 3.49. The van der Waals surface area contributed by atoms with E-state index in [0.717, 1.165) is 17.5 Å². The highest BCUT2D eigenvalue weighted by molar-refractivity contribution is 5.83. The highest BCUT2D eigenvalue weighted by atomic mass is 16.2. The Bertz CT molecular complexity index is 578. The quantitative estimate of drug-likeness (QED) is 0.886. The molecule has 2 aromatic carbocycles. The predicted molar refractivity (Wildman–Crippen MR) is 85.9 cm³/mol. The van der Waals surface area contributed by atoms with E-state index < -0.39 is 6.04 Å². The number of carbonyl (C=O) groups excluding carboxylic acids is 1. The Morgan fingerprint density at radius 2 is 1.71 bits per heavy atom. The zero-order valence-corrected chi connectivity index (χ0v) is 12.5. The second kappa shape index (κ2) is 7.04. The van der Waals surface area contributed by atoms with Crippen LogP contribution in [0, 0.1) is 6.92 Å². The zero-order chi connectivity index (χ0) is 15.2. The van der Waals surface area contributed by atoms with E-state index in [2.05, 4.69) is 17.4 Å². The molecular formula is C18H22N2O. The molecule has 0 heterocycles. The molecule has 0 radical (unpaired) electrons. The maximum Gasteiger partial charge on any atom is 0.241 e. The Hall–Kier alpha value is -2.13. The molecule has 2 rings (SSSR count). The summed E-state index contributed by atoms with van der Waals surface area (Å²) in [5, 5.41) is 2.98. The van der Waals surface area contributed by atoms with Crippen molar-refractivity contribution in [2.45, 2.75) is 32.4 Å². The first-order chi connectivity index (χ1) is 10.1. The Balaban J connectivity index is 1.92. The van der Waals surface area contributed by atoms with Crippen LogP contribution in [0.2, 0.25) is 0 Å². The summed E-state index contributed by atoms with van der Waals surface area (Å²) in [6.45, 7) is 4.00. The number of hydrogen-bond acceptors (Lipinski definition) is 2. The number of aryl methyl sites for hydroxylation is 1. The summed E-state index contributed by atoms with van der Waals surface area (Å²) < 4.78 is 0. The molecule has 0 aromatic heterocycles. The van der Waals surface area contributed by atoms with Crippen LogP contribution in [0.4, 0.5) is 0 Å². The van der Waals surface area contributed by atoms with Crippen LogP contribution in [0.3, 0.4) is 0 Å². The van der Waals surface area contributed by atoms with E-state index in [-0.39, 0.29) is 11.9 Å². The van der Waals surface area contributed by atoms with Crippen LogP contribution in [-0.2, 0) is 11.2 Å². The lowest BCUT2D eigenvalue weighted by Gasteiger charge is -2.18. The number of nitrogens with two attached hydrogens (primary N) is 1. The summed E-state index contributed by atoms with van der Waals surface area (Å²) >= 11 is 0. The summed E-state index contributed by atoms with van der Waals surface area (Å²) in [6.07, 6.45) is 0.799. The van der Waals surface area contributed by atoms with Crippen molar-refractivity contribution >= 4 is 5.91 Å². The van der Waals surface area contributed by atoms with Gasteiger partial charge >= 0.3 is 0 Å². The molecule has 3 nitrogen and oxygen atoms in total. The lowest BCUT2D eigenvalue weighted by atomic mass is 10.0. The van der Waals surface area contributed by atoms with E-state index >= 15 is 0 Å². The lowest BCUT2D eigenvalue weighted by Crippen LogP contribution is -2.40. The summed E-state index contributed by atoms with van der Waals surface area (Å²) in [7, 11) is 0. The third-order valence-electron chi connectivity index (χ3n) is 3.49. The first kappa shape index (κ1) is 15.3. The second-order valence-corrected chi connectivity index (χ2v) is 5.49. The lowest BCUT2D eigenvalue weighted by molar-refractivity contribution is -0.123. The number of carbonyl (C=O) groups is 1. The fourth-order valence-corrected chi connectivity index (χ4v) is 2.28. The molecule has 2 aromatic rings. The molecule has 0 bridgehead atoms. The molecule has 2 unspecified atom stereocenters. The fourth-order valence-electron chi connectivity index (χ4n) is 2.28. The average Bonchev–Trinajstić information content (AvgIpc) is 2.48. The monoisotopic (exact) mass is 282 g/mol. The predicted octanol–water partition coefficient (Wildman–Crippen LogP) is 2.74. The maximum atomic E-state index is 12.2. The number of amides is 1. The van der Waals surface area contributed by atoms with Crippen LogP contribution < -0.4 is 11.1 Å². The normalized spacial score (nSPS) is 13.5. The van der Waals surface area contributed by atoms with Crippen LogP contribution >= 0.6 is 0 Å². The number of hydrogen-bond donors (Lipinski definition) is 2. The van der Waals surface area contributed by atoms with E-state index in [1.165, 1.54) is 5.56 Å². The van der Waals surface area contributed by atoms with Gasteiger partial charge in [0.2, 0.25) is 5.91 Å². The standard InChI is InChI=1S/C18H22N2O/c1-13-8-10-16(11-9-13)17(19)18(21)20-14(2)12-15-6-4-3-5-7-15/h3-11,14,17H,12,19H2,1-2H3,(H,20,21). The van der Waals surface area contributed by atoms with Gasteiger partial charge in [0, 0.05) is 6.04 Å². The van der Waals surface area contributed by atoms with E-state index in [1.54, 1.807) is 0 Å². The van der Waals surface area contributed by atoms with Crippen LogP contribution in [-0.4, -0.2) is 11.9 Å². The van der Waals surface area contributed by atoms with Crippen LogP contribution in [0.25, 0.3) is 0 Å². The van der Waals surface area contributed by atoms with Gasteiger partial charge in [-0.1, -0.05) is 60.2 Å². The first-order valence-corrected chi connectivity index (χ1v) is 7.22. The van der Waals surface area contributed by atoms with E-state index in [0.29, 0.717) is 0 Å². The number of rotatable bonds is 5. The smallest absolute Gasteiger partial charge is 0.241 e. The summed E-state index contributed by atoms with van der Waals surface area (Å²) in [5.74, 6) is -0.137. The molecule has 0 fully saturated rings. The molecule has 0 spiro atoms. The number of benzene rings is 2. The van der Waals surface area contributed by atoms with Crippen LogP contribution in [0.5, 0.6) is 0 Å². The van der Waals surface area contributed by atoms with Gasteiger partial charge in [-0.2, -0.15) is 0 Å². The van der Waals surface area contributed by atoms with Gasteiger partial charge in [0.15, 0.2) is 0 Å². The van der Waals surface area contributed by atoms with E-state index in [9.17, 15) is 4.79 Å². The van der Waals surface area contributed by atoms with Crippen molar-refractivity contribution < 1.29 is 4.79 Å². The minimum absolute atomic E-state index is 0.0522. The topological polar surface area (TPSA) is 55.1 Å². The van der Waals surface area contributed by atoms with Gasteiger partial charge in [0.05, 0.1) is 0 Å². The molecule has 2 atom stereocenters. The Kier molecular flexibility index (Phi) is 5.12. The van der Waals surface area contributed by atoms with Gasteiger partial charge in [-0.15, -0.1) is 0 Å². The van der Waals surface area contributed by atoms with Crippen LogP contribution in [0.15, 0.2) is 54.6 Å². The average molecular weight is 282 g/mol. The minimum Gasteiger partial charge on any atom is -0.352 e. The van der Waals surface area contributed by atoms with Gasteiger partial charge in [-0.3, -0.25) is 4.79 Å². The minimum atomic E-state index is -0.621. The first-order valence-electron chi connectivity index (χ1n) is 7.22. The molecule has 3 heteroatoms. The maximum absolute atomic E-state index is 12.2. The molecule has 0 aliphatic carbocycles. The summed E-state index contributed by atoms with van der Waals surface area (Å²) in [4.78, 5) is 12.2. The van der Waals surface area contributed by atoms with E-state index in [4.69, 9.17) is 5.73 Å². The third kappa shape index (κ3) is 4.43. The zero-order valence-electron chi connectivity index (χ0n) is 12.5. The Morgan fingerprint density at radius 1 is 1.10 bits per heavy atom. The highest BCUT2D eigenvalue weighted by Gasteiger charge is 2.17. The van der Waals surface area contributed by atoms with Gasteiger partial charge in [-0.25, -0.2) is 0 Å². The Labute approximate surface area is 126 Å². The molecular weight excluding hydrogens is 260 g/mol. The SMILES string of the molecule is Cc1ccc(C(N)C(=O)NC(C)Cc2ccccc2)cc1. The van der Waals surface area contributed by atoms with Crippen molar-refractivity contribution in [3.05, 3.63) is 71.3 Å². The number of nitrogens with one attached hydrogen (secondary N) is 1.